The molecule has 8 nitrogen and oxygen atoms in total. The first-order chi connectivity index (χ1) is 29.5. The van der Waals surface area contributed by atoms with E-state index in [9.17, 15) is 19.5 Å². The van der Waals surface area contributed by atoms with Crippen LogP contribution in [0.15, 0.2) is 196 Å². The highest BCUT2D eigenvalue weighted by Gasteiger charge is 2.32. The predicted molar refractivity (Wildman–Crippen MR) is 238 cm³/mol. The fraction of sp³-hybridized carbons (Fsp3) is 0.0192. The molecular formula is C52H32N4O4. The third-order valence-electron chi connectivity index (χ3n) is 12.1. The molecule has 1 unspecified atom stereocenters. The summed E-state index contributed by atoms with van der Waals surface area (Å²) in [7, 11) is 0. The second kappa shape index (κ2) is 12.7. The van der Waals surface area contributed by atoms with E-state index in [1.54, 1.807) is 15.3 Å². The van der Waals surface area contributed by atoms with E-state index in [1.807, 2.05) is 158 Å². The zero-order valence-corrected chi connectivity index (χ0v) is 31.9. The van der Waals surface area contributed by atoms with Crippen molar-refractivity contribution in [2.24, 2.45) is 0 Å². The second-order valence-electron chi connectivity index (χ2n) is 15.3. The van der Waals surface area contributed by atoms with Crippen molar-refractivity contribution >= 4 is 32.7 Å². The normalized spacial score (nSPS) is 13.4. The fourth-order valence-electron chi connectivity index (χ4n) is 9.47. The Morgan fingerprint density at radius 2 is 0.900 bits per heavy atom. The molecule has 0 amide bonds. The van der Waals surface area contributed by atoms with Gasteiger partial charge in [-0.25, -0.2) is 13.9 Å². The smallest absolute Gasteiger partial charge is 0.283 e. The summed E-state index contributed by atoms with van der Waals surface area (Å²) in [4.78, 5) is 42.9. The van der Waals surface area contributed by atoms with Gasteiger partial charge in [-0.2, -0.15) is 4.52 Å². The Hall–Kier alpha value is -8.07. The van der Waals surface area contributed by atoms with E-state index in [0.717, 1.165) is 55.6 Å². The molecule has 0 aliphatic carbocycles. The monoisotopic (exact) mass is 776 g/mol. The number of benzene rings is 8. The summed E-state index contributed by atoms with van der Waals surface area (Å²) in [5.74, 6) is 0. The number of rotatable bonds is 5. The van der Waals surface area contributed by atoms with Crippen molar-refractivity contribution in [3.05, 3.63) is 219 Å². The van der Waals surface area contributed by atoms with Crippen LogP contribution in [0.25, 0.3) is 94.0 Å². The van der Waals surface area contributed by atoms with Crippen molar-refractivity contribution in [2.75, 3.05) is 0 Å². The van der Waals surface area contributed by atoms with E-state index in [-0.39, 0.29) is 11.1 Å². The van der Waals surface area contributed by atoms with Gasteiger partial charge in [-0.3, -0.25) is 14.4 Å². The number of hydrogen-bond donors (Lipinski definition) is 1. The molecule has 284 valence electrons. The minimum absolute atomic E-state index is 0.289. The topological polar surface area (TPSA) is 90.1 Å². The SMILES string of the molecule is O=c1c2c(-c3ccccc3-c3ccccc3)cccc2n2n1C(O)c1cc(-c3ccc4c(c3)c(=O)n3c(=O)c5c(-c6ccccc6-c6ccccc6)cccc5n43)ccc1-2. The van der Waals surface area contributed by atoms with Gasteiger partial charge in [-0.1, -0.05) is 146 Å². The molecule has 1 aliphatic heterocycles. The average Bonchev–Trinajstić information content (AvgIpc) is 3.99. The molecule has 8 heteroatoms. The van der Waals surface area contributed by atoms with E-state index in [0.29, 0.717) is 44.0 Å². The molecule has 0 spiro atoms. The van der Waals surface area contributed by atoms with Gasteiger partial charge in [0.15, 0.2) is 6.23 Å². The van der Waals surface area contributed by atoms with Gasteiger partial charge >= 0.3 is 0 Å². The molecular weight excluding hydrogens is 745 g/mol. The highest BCUT2D eigenvalue weighted by Crippen LogP contribution is 2.41. The summed E-state index contributed by atoms with van der Waals surface area (Å²) >= 11 is 0. The summed E-state index contributed by atoms with van der Waals surface area (Å²) in [6.45, 7) is 0. The fourth-order valence-corrected chi connectivity index (χ4v) is 9.47. The van der Waals surface area contributed by atoms with Crippen LogP contribution in [0.3, 0.4) is 0 Å². The van der Waals surface area contributed by atoms with Gasteiger partial charge in [-0.05, 0) is 92.0 Å². The van der Waals surface area contributed by atoms with Crippen LogP contribution < -0.4 is 16.7 Å². The molecule has 1 atom stereocenters. The van der Waals surface area contributed by atoms with Crippen LogP contribution >= 0.6 is 0 Å². The van der Waals surface area contributed by atoms with Gasteiger partial charge < -0.3 is 5.11 Å². The van der Waals surface area contributed by atoms with Gasteiger partial charge in [0.2, 0.25) is 0 Å². The summed E-state index contributed by atoms with van der Waals surface area (Å²) in [6.07, 6.45) is -1.24. The molecule has 4 heterocycles. The lowest BCUT2D eigenvalue weighted by Gasteiger charge is -2.12. The van der Waals surface area contributed by atoms with Crippen LogP contribution in [0.2, 0.25) is 0 Å². The number of aliphatic hydroxyl groups is 1. The average molecular weight is 777 g/mol. The standard InChI is InChI=1S/C52H32N4O4/c57-49-41-29-33(25-27-43(41)53-45-23-11-21-39(47(45)51(59)55(49)53)37-19-9-7-17-35(37)31-13-3-1-4-14-31)34-26-28-44-42(30-34)50(58)56-52(60)48-40(22-12-24-46(48)54(44)56)38-20-10-8-18-36(38)32-15-5-2-6-16-32/h1-30,49,57H. The van der Waals surface area contributed by atoms with Gasteiger partial charge in [0, 0.05) is 5.56 Å². The van der Waals surface area contributed by atoms with Gasteiger partial charge in [-0.15, -0.1) is 0 Å². The lowest BCUT2D eigenvalue weighted by Crippen LogP contribution is -2.22. The van der Waals surface area contributed by atoms with E-state index in [1.165, 1.54) is 9.20 Å². The minimum atomic E-state index is -1.24. The van der Waals surface area contributed by atoms with Crippen molar-refractivity contribution in [3.8, 4) is 61.3 Å². The predicted octanol–water partition coefficient (Wildman–Crippen LogP) is 9.80. The molecule has 11 aromatic rings. The molecule has 8 aromatic carbocycles. The molecule has 0 saturated heterocycles. The van der Waals surface area contributed by atoms with Crippen molar-refractivity contribution in [1.82, 2.24) is 18.4 Å². The zero-order chi connectivity index (χ0) is 40.2. The largest absolute Gasteiger partial charge is 0.368 e. The van der Waals surface area contributed by atoms with E-state index >= 15 is 0 Å². The summed E-state index contributed by atoms with van der Waals surface area (Å²) in [5, 5.41) is 13.3. The van der Waals surface area contributed by atoms with Crippen molar-refractivity contribution < 1.29 is 5.11 Å². The van der Waals surface area contributed by atoms with E-state index in [2.05, 4.69) is 18.2 Å². The zero-order valence-electron chi connectivity index (χ0n) is 31.9. The van der Waals surface area contributed by atoms with Crippen LogP contribution in [-0.4, -0.2) is 23.5 Å². The summed E-state index contributed by atoms with van der Waals surface area (Å²) < 4.78 is 6.17. The van der Waals surface area contributed by atoms with Gasteiger partial charge in [0.25, 0.3) is 16.7 Å². The maximum Gasteiger partial charge on any atom is 0.283 e. The first-order valence-corrected chi connectivity index (χ1v) is 19.8. The third kappa shape index (κ3) is 4.67. The number of hydrogen-bond acceptors (Lipinski definition) is 4. The number of nitrogens with zero attached hydrogens (tertiary/aromatic N) is 4. The Kier molecular flexibility index (Phi) is 7.21. The molecule has 3 aromatic heterocycles. The number of aliphatic hydroxyl groups excluding tert-OH is 1. The Labute approximate surface area is 341 Å². The summed E-state index contributed by atoms with van der Waals surface area (Å²) in [6, 6.07) is 59.1. The maximum absolute atomic E-state index is 14.4. The minimum Gasteiger partial charge on any atom is -0.368 e. The highest BCUT2D eigenvalue weighted by atomic mass is 16.3. The third-order valence-corrected chi connectivity index (χ3v) is 12.1. The lowest BCUT2D eigenvalue weighted by molar-refractivity contribution is 0.135. The summed E-state index contributed by atoms with van der Waals surface area (Å²) in [5.41, 5.74) is 11.2. The molecule has 0 fully saturated rings. The van der Waals surface area contributed by atoms with Gasteiger partial charge in [0.05, 0.1) is 38.4 Å². The second-order valence-corrected chi connectivity index (χ2v) is 15.3. The van der Waals surface area contributed by atoms with Crippen LogP contribution in [0.1, 0.15) is 11.8 Å². The first-order valence-electron chi connectivity index (χ1n) is 19.8. The Morgan fingerprint density at radius 1 is 0.383 bits per heavy atom. The van der Waals surface area contributed by atoms with Crippen molar-refractivity contribution in [1.29, 1.82) is 0 Å². The Balaban J connectivity index is 0.965. The maximum atomic E-state index is 14.4. The van der Waals surface area contributed by atoms with Crippen LogP contribution in [0.4, 0.5) is 0 Å². The van der Waals surface area contributed by atoms with Crippen LogP contribution in [0, 0.1) is 0 Å². The quantitative estimate of drug-likeness (QED) is 0.189. The molecule has 60 heavy (non-hydrogen) atoms. The molecule has 0 bridgehead atoms. The van der Waals surface area contributed by atoms with Crippen LogP contribution in [-0.2, 0) is 0 Å². The Bertz CT molecular complexity index is 3750. The lowest BCUT2D eigenvalue weighted by atomic mass is 9.93. The van der Waals surface area contributed by atoms with E-state index < -0.39 is 11.8 Å². The number of fused-ring (bicyclic) bond motifs is 10. The highest BCUT2D eigenvalue weighted by molar-refractivity contribution is 6.02. The molecule has 1 N–H and O–H groups in total. The van der Waals surface area contributed by atoms with Crippen molar-refractivity contribution in [3.63, 3.8) is 0 Å². The molecule has 0 radical (unpaired) electrons. The number of aromatic nitrogens is 4. The Morgan fingerprint density at radius 3 is 1.53 bits per heavy atom. The molecule has 0 saturated carbocycles. The first kappa shape index (κ1) is 34.0. The van der Waals surface area contributed by atoms with E-state index in [4.69, 9.17) is 0 Å². The van der Waals surface area contributed by atoms with Crippen molar-refractivity contribution in [2.45, 2.75) is 6.23 Å². The van der Waals surface area contributed by atoms with Crippen LogP contribution in [0.5, 0.6) is 0 Å². The molecule has 1 aliphatic rings. The van der Waals surface area contributed by atoms with Gasteiger partial charge in [0.1, 0.15) is 0 Å². The molecule has 12 rings (SSSR count).